The standard InChI is InChI=1S/C21H17ClP2/c22-24-21(18-12-6-2-7-13-18)20(17-10-4-1-5-11-17)16-23(24)19-14-8-3-9-15-19/h1-15H,16H2. The van der Waals surface area contributed by atoms with Gasteiger partial charge < -0.3 is 0 Å². The predicted octanol–water partition coefficient (Wildman–Crippen LogP) is 6.93. The molecule has 0 saturated heterocycles. The van der Waals surface area contributed by atoms with Gasteiger partial charge in [0.1, 0.15) is 0 Å². The number of hydrogen-bond acceptors (Lipinski definition) is 0. The predicted molar refractivity (Wildman–Crippen MR) is 110 cm³/mol. The van der Waals surface area contributed by atoms with Gasteiger partial charge in [0.15, 0.2) is 0 Å². The molecule has 0 aromatic heterocycles. The Morgan fingerprint density at radius 3 is 1.71 bits per heavy atom. The Kier molecular flexibility index (Phi) is 4.81. The van der Waals surface area contributed by atoms with Crippen LogP contribution in [0, 0.1) is 0 Å². The first kappa shape index (κ1) is 16.0. The van der Waals surface area contributed by atoms with Crippen LogP contribution < -0.4 is 5.30 Å². The van der Waals surface area contributed by atoms with E-state index in [-0.39, 0.29) is 7.61 Å². The highest BCUT2D eigenvalue weighted by atomic mass is 35.7. The summed E-state index contributed by atoms with van der Waals surface area (Å²) in [5, 5.41) is 2.78. The first-order valence-electron chi connectivity index (χ1n) is 7.97. The molecule has 118 valence electrons. The smallest absolute Gasteiger partial charge is 0.0515 e. The van der Waals surface area contributed by atoms with Crippen molar-refractivity contribution in [3.8, 4) is 0 Å². The van der Waals surface area contributed by atoms with Crippen LogP contribution in [0.4, 0.5) is 0 Å². The van der Waals surface area contributed by atoms with Gasteiger partial charge in [-0.15, -0.1) is 0 Å². The Morgan fingerprint density at radius 2 is 1.12 bits per heavy atom. The van der Waals surface area contributed by atoms with Gasteiger partial charge >= 0.3 is 0 Å². The van der Waals surface area contributed by atoms with E-state index in [9.17, 15) is 0 Å². The van der Waals surface area contributed by atoms with E-state index in [1.807, 2.05) is 0 Å². The lowest BCUT2D eigenvalue weighted by Gasteiger charge is -2.17. The molecule has 0 fully saturated rings. The lowest BCUT2D eigenvalue weighted by atomic mass is 10.0. The molecule has 0 radical (unpaired) electrons. The molecule has 0 saturated carbocycles. The second-order valence-electron chi connectivity index (χ2n) is 5.71. The quantitative estimate of drug-likeness (QED) is 0.441. The highest BCUT2D eigenvalue weighted by molar-refractivity contribution is 8.47. The molecule has 24 heavy (non-hydrogen) atoms. The minimum atomic E-state index is -0.691. The maximum atomic E-state index is 7.09. The molecule has 1 aliphatic heterocycles. The lowest BCUT2D eigenvalue weighted by Crippen LogP contribution is -1.98. The molecule has 2 atom stereocenters. The van der Waals surface area contributed by atoms with Crippen molar-refractivity contribution in [1.29, 1.82) is 0 Å². The Hall–Kier alpha value is -1.45. The summed E-state index contributed by atoms with van der Waals surface area (Å²) in [6.45, 7) is -0.691. The zero-order chi connectivity index (χ0) is 16.4. The van der Waals surface area contributed by atoms with E-state index in [0.29, 0.717) is 0 Å². The van der Waals surface area contributed by atoms with Crippen LogP contribution in [0.15, 0.2) is 91.0 Å². The molecule has 3 aromatic carbocycles. The Balaban J connectivity index is 1.83. The summed E-state index contributed by atoms with van der Waals surface area (Å²) in [4.78, 5) is 0. The van der Waals surface area contributed by atoms with Crippen LogP contribution in [0.1, 0.15) is 11.1 Å². The summed E-state index contributed by atoms with van der Waals surface area (Å²) >= 11 is 7.09. The summed E-state index contributed by atoms with van der Waals surface area (Å²) in [5.41, 5.74) is 4.02. The molecule has 0 bridgehead atoms. The van der Waals surface area contributed by atoms with E-state index in [1.54, 1.807) is 0 Å². The first-order chi connectivity index (χ1) is 11.8. The fraction of sp³-hybridized carbons (Fsp3) is 0.0476. The van der Waals surface area contributed by atoms with Gasteiger partial charge in [0.2, 0.25) is 0 Å². The van der Waals surface area contributed by atoms with Gasteiger partial charge in [-0.3, -0.25) is 0 Å². The Morgan fingerprint density at radius 1 is 0.625 bits per heavy atom. The molecular formula is C21H17ClP2. The molecule has 0 amide bonds. The summed E-state index contributed by atoms with van der Waals surface area (Å²) in [7, 11) is -0.371. The normalized spacial score (nSPS) is 20.4. The molecule has 3 heteroatoms. The van der Waals surface area contributed by atoms with Gasteiger partial charge in [0.05, 0.1) is 6.96 Å². The second kappa shape index (κ2) is 7.20. The first-order valence-corrected chi connectivity index (χ1v) is 12.4. The maximum absolute atomic E-state index is 7.09. The van der Waals surface area contributed by atoms with Crippen molar-refractivity contribution in [3.63, 3.8) is 0 Å². The third-order valence-electron chi connectivity index (χ3n) is 4.21. The Labute approximate surface area is 150 Å². The van der Waals surface area contributed by atoms with E-state index >= 15 is 0 Å². The van der Waals surface area contributed by atoms with Crippen molar-refractivity contribution >= 4 is 42.0 Å². The monoisotopic (exact) mass is 366 g/mol. The van der Waals surface area contributed by atoms with Crippen molar-refractivity contribution in [3.05, 3.63) is 102 Å². The second-order valence-corrected chi connectivity index (χ2v) is 12.7. The van der Waals surface area contributed by atoms with Crippen LogP contribution in [-0.4, -0.2) is 6.16 Å². The van der Waals surface area contributed by atoms with Gasteiger partial charge in [-0.2, -0.15) is 0 Å². The molecule has 0 N–H and O–H groups in total. The van der Waals surface area contributed by atoms with Gasteiger partial charge in [0.25, 0.3) is 0 Å². The van der Waals surface area contributed by atoms with Crippen LogP contribution in [0.3, 0.4) is 0 Å². The van der Waals surface area contributed by atoms with Gasteiger partial charge in [0, 0.05) is 11.5 Å². The van der Waals surface area contributed by atoms with Gasteiger partial charge in [-0.05, 0) is 29.6 Å². The highest BCUT2D eigenvalue weighted by Crippen LogP contribution is 2.84. The van der Waals surface area contributed by atoms with Gasteiger partial charge in [-0.1, -0.05) is 102 Å². The van der Waals surface area contributed by atoms with Gasteiger partial charge in [-0.25, -0.2) is 0 Å². The van der Waals surface area contributed by atoms with Crippen LogP contribution >= 0.6 is 25.8 Å². The summed E-state index contributed by atoms with van der Waals surface area (Å²) < 4.78 is 0. The fourth-order valence-corrected chi connectivity index (χ4v) is 11.0. The molecule has 1 heterocycles. The lowest BCUT2D eigenvalue weighted by molar-refractivity contribution is 1.57. The molecule has 0 nitrogen and oxygen atoms in total. The number of rotatable bonds is 3. The van der Waals surface area contributed by atoms with Crippen LogP contribution in [0.25, 0.3) is 10.9 Å². The van der Waals surface area contributed by atoms with Crippen molar-refractivity contribution in [2.24, 2.45) is 0 Å². The van der Waals surface area contributed by atoms with Crippen LogP contribution in [0.2, 0.25) is 0 Å². The van der Waals surface area contributed by atoms with Crippen LogP contribution in [0.5, 0.6) is 0 Å². The SMILES string of the molecule is ClP1C(c2ccccc2)=C(c2ccccc2)CP1c1ccccc1. The maximum Gasteiger partial charge on any atom is 0.0515 e. The molecule has 0 spiro atoms. The number of halogens is 1. The minimum absolute atomic E-state index is 0.371. The number of benzene rings is 3. The average Bonchev–Trinajstić information content (AvgIpc) is 3.01. The molecular weight excluding hydrogens is 350 g/mol. The van der Waals surface area contributed by atoms with E-state index in [0.717, 1.165) is 6.16 Å². The topological polar surface area (TPSA) is 0 Å². The zero-order valence-electron chi connectivity index (χ0n) is 13.1. The summed E-state index contributed by atoms with van der Waals surface area (Å²) in [6.07, 6.45) is 1.07. The zero-order valence-corrected chi connectivity index (χ0v) is 15.7. The largest absolute Gasteiger partial charge is 0.0857 e. The van der Waals surface area contributed by atoms with Crippen molar-refractivity contribution in [2.45, 2.75) is 0 Å². The molecule has 2 unspecified atom stereocenters. The van der Waals surface area contributed by atoms with Crippen LogP contribution in [-0.2, 0) is 0 Å². The number of hydrogen-bond donors (Lipinski definition) is 0. The molecule has 1 aliphatic rings. The number of allylic oxidation sites excluding steroid dienone is 1. The van der Waals surface area contributed by atoms with E-state index in [2.05, 4.69) is 91.0 Å². The van der Waals surface area contributed by atoms with Crippen molar-refractivity contribution in [1.82, 2.24) is 0 Å². The highest BCUT2D eigenvalue weighted by Gasteiger charge is 2.35. The summed E-state index contributed by atoms with van der Waals surface area (Å²) in [5.74, 6) is 0. The van der Waals surface area contributed by atoms with E-state index < -0.39 is 6.96 Å². The molecule has 0 aliphatic carbocycles. The van der Waals surface area contributed by atoms with Crippen molar-refractivity contribution < 1.29 is 0 Å². The van der Waals surface area contributed by atoms with Crippen molar-refractivity contribution in [2.75, 3.05) is 6.16 Å². The summed E-state index contributed by atoms with van der Waals surface area (Å²) in [6, 6.07) is 32.2. The average molecular weight is 367 g/mol. The third-order valence-corrected chi connectivity index (χ3v) is 12.2. The molecule has 3 aromatic rings. The Bertz CT molecular complexity index is 845. The van der Waals surface area contributed by atoms with E-state index in [1.165, 1.54) is 27.3 Å². The van der Waals surface area contributed by atoms with E-state index in [4.69, 9.17) is 11.2 Å². The molecule has 4 rings (SSSR count). The third kappa shape index (κ3) is 3.07. The minimum Gasteiger partial charge on any atom is -0.0857 e. The fourth-order valence-electron chi connectivity index (χ4n) is 3.06.